The van der Waals surface area contributed by atoms with E-state index in [9.17, 15) is 26.3 Å². The van der Waals surface area contributed by atoms with E-state index in [0.717, 1.165) is 10.5 Å². The minimum Gasteiger partial charge on any atom is -0.297 e. The van der Waals surface area contributed by atoms with Gasteiger partial charge < -0.3 is 0 Å². The number of likely N-dealkylation sites (tertiary alicyclic amines) is 2. The highest BCUT2D eigenvalue weighted by molar-refractivity contribution is 5.15. The van der Waals surface area contributed by atoms with Crippen LogP contribution < -0.4 is 0 Å². The number of piperidine rings is 1. The number of hydrogen-bond donors (Lipinski definition) is 0. The number of halogens is 6. The first-order valence-corrected chi connectivity index (χ1v) is 7.76. The van der Waals surface area contributed by atoms with Gasteiger partial charge in [0.05, 0.1) is 13.1 Å². The molecule has 1 aromatic carbocycles. The maximum atomic E-state index is 13.5. The summed E-state index contributed by atoms with van der Waals surface area (Å²) in [6.07, 6.45) is 0.407. The van der Waals surface area contributed by atoms with Crippen LogP contribution in [-0.2, 0) is 6.54 Å². The van der Waals surface area contributed by atoms with Gasteiger partial charge in [0.25, 0.3) is 0 Å². The van der Waals surface area contributed by atoms with E-state index in [-0.39, 0.29) is 0 Å². The van der Waals surface area contributed by atoms with Gasteiger partial charge in [0.15, 0.2) is 0 Å². The van der Waals surface area contributed by atoms with Crippen LogP contribution >= 0.6 is 0 Å². The molecule has 2 aliphatic rings. The van der Waals surface area contributed by atoms with E-state index >= 15 is 0 Å². The van der Waals surface area contributed by atoms with Gasteiger partial charge in [-0.25, -0.2) is 0 Å². The molecule has 0 aliphatic carbocycles. The molecule has 2 nitrogen and oxygen atoms in total. The highest BCUT2D eigenvalue weighted by Gasteiger charge is 2.75. The first kappa shape index (κ1) is 17.5. The summed E-state index contributed by atoms with van der Waals surface area (Å²) >= 11 is 0. The Morgan fingerprint density at radius 1 is 0.917 bits per heavy atom. The number of rotatable bonds is 3. The van der Waals surface area contributed by atoms with E-state index in [4.69, 9.17) is 0 Å². The van der Waals surface area contributed by atoms with Crippen molar-refractivity contribution in [1.82, 2.24) is 9.80 Å². The highest BCUT2D eigenvalue weighted by Crippen LogP contribution is 2.50. The Kier molecular flexibility index (Phi) is 4.32. The molecule has 0 radical (unpaired) electrons. The molecule has 8 heteroatoms. The second-order valence-electron chi connectivity index (χ2n) is 6.55. The third kappa shape index (κ3) is 3.01. The van der Waals surface area contributed by atoms with E-state index in [1.807, 2.05) is 35.2 Å². The van der Waals surface area contributed by atoms with Gasteiger partial charge in [-0.1, -0.05) is 30.3 Å². The third-order valence-corrected chi connectivity index (χ3v) is 4.73. The molecule has 24 heavy (non-hydrogen) atoms. The van der Waals surface area contributed by atoms with Crippen molar-refractivity contribution in [2.45, 2.75) is 36.8 Å². The molecule has 2 heterocycles. The number of hydrogen-bond acceptors (Lipinski definition) is 2. The fraction of sp³-hybridized carbons (Fsp3) is 0.625. The van der Waals surface area contributed by atoms with E-state index < -0.39 is 36.9 Å². The van der Waals surface area contributed by atoms with Gasteiger partial charge >= 0.3 is 17.8 Å². The Hall–Kier alpha value is -1.28. The van der Waals surface area contributed by atoms with Gasteiger partial charge in [0.2, 0.25) is 0 Å². The minimum absolute atomic E-state index is 0.312. The van der Waals surface area contributed by atoms with Gasteiger partial charge in [-0.3, -0.25) is 9.80 Å². The summed E-state index contributed by atoms with van der Waals surface area (Å²) < 4.78 is 80.7. The molecule has 1 atom stereocenters. The van der Waals surface area contributed by atoms with E-state index in [1.165, 1.54) is 0 Å². The first-order valence-electron chi connectivity index (χ1n) is 7.76. The molecule has 0 amide bonds. The Labute approximate surface area is 136 Å². The zero-order valence-electron chi connectivity index (χ0n) is 12.9. The Morgan fingerprint density at radius 2 is 1.50 bits per heavy atom. The van der Waals surface area contributed by atoms with E-state index in [2.05, 4.69) is 0 Å². The molecule has 0 spiro atoms. The normalized spacial score (nSPS) is 29.7. The van der Waals surface area contributed by atoms with Gasteiger partial charge in [-0.05, 0) is 12.0 Å². The van der Waals surface area contributed by atoms with Crippen LogP contribution in [0.5, 0.6) is 0 Å². The average molecular weight is 352 g/mol. The quantitative estimate of drug-likeness (QED) is 0.769. The molecule has 2 fully saturated rings. The number of benzene rings is 1. The highest BCUT2D eigenvalue weighted by atomic mass is 19.3. The fourth-order valence-corrected chi connectivity index (χ4v) is 3.39. The second-order valence-corrected chi connectivity index (χ2v) is 6.55. The fourth-order valence-electron chi connectivity index (χ4n) is 3.39. The summed E-state index contributed by atoms with van der Waals surface area (Å²) in [5, 5.41) is 0. The summed E-state index contributed by atoms with van der Waals surface area (Å²) in [5.74, 6) is -14.8. The number of nitrogens with zero attached hydrogens (tertiary/aromatic N) is 2. The summed E-state index contributed by atoms with van der Waals surface area (Å²) in [7, 11) is 0. The molecule has 134 valence electrons. The molecule has 2 saturated heterocycles. The predicted molar refractivity (Wildman–Crippen MR) is 76.5 cm³/mol. The standard InChI is InChI=1S/C16H18F6N2/c17-14(18)10-24(11-15(19,20)16(14,21)22)13-6-7-23(9-13)8-12-4-2-1-3-5-12/h1-5,13H,6-11H2/t13-/m1/s1. The summed E-state index contributed by atoms with van der Waals surface area (Å²) in [6, 6.07) is 8.87. The Morgan fingerprint density at radius 3 is 2.08 bits per heavy atom. The van der Waals surface area contributed by atoms with Crippen LogP contribution in [0.1, 0.15) is 12.0 Å². The van der Waals surface area contributed by atoms with Crippen LogP contribution in [0.2, 0.25) is 0 Å². The third-order valence-electron chi connectivity index (χ3n) is 4.73. The lowest BCUT2D eigenvalue weighted by molar-refractivity contribution is -0.340. The monoisotopic (exact) mass is 352 g/mol. The smallest absolute Gasteiger partial charge is 0.297 e. The first-order chi connectivity index (χ1) is 11.1. The van der Waals surface area contributed by atoms with E-state index in [1.54, 1.807) is 0 Å². The lowest BCUT2D eigenvalue weighted by Gasteiger charge is -2.44. The number of alkyl halides is 6. The van der Waals surface area contributed by atoms with Crippen LogP contribution in [0.25, 0.3) is 0 Å². The topological polar surface area (TPSA) is 6.48 Å². The Balaban J connectivity index is 1.66. The molecule has 2 aliphatic heterocycles. The van der Waals surface area contributed by atoms with Crippen LogP contribution in [0.3, 0.4) is 0 Å². The molecular weight excluding hydrogens is 334 g/mol. The van der Waals surface area contributed by atoms with Gasteiger partial charge in [-0.2, -0.15) is 26.3 Å². The molecule has 0 bridgehead atoms. The molecule has 1 aromatic rings. The lowest BCUT2D eigenvalue weighted by atomic mass is 9.96. The van der Waals surface area contributed by atoms with Crippen molar-refractivity contribution in [3.63, 3.8) is 0 Å². The van der Waals surface area contributed by atoms with Crippen LogP contribution in [-0.4, -0.2) is 59.8 Å². The molecule has 0 saturated carbocycles. The van der Waals surface area contributed by atoms with Crippen molar-refractivity contribution in [3.8, 4) is 0 Å². The molecule has 0 unspecified atom stereocenters. The van der Waals surface area contributed by atoms with Gasteiger partial charge in [0, 0.05) is 25.7 Å². The van der Waals surface area contributed by atoms with Crippen LogP contribution in [0.15, 0.2) is 30.3 Å². The predicted octanol–water partition coefficient (Wildman–Crippen LogP) is 3.48. The van der Waals surface area contributed by atoms with E-state index in [0.29, 0.717) is 26.1 Å². The van der Waals surface area contributed by atoms with Crippen molar-refractivity contribution >= 4 is 0 Å². The van der Waals surface area contributed by atoms with Crippen molar-refractivity contribution in [1.29, 1.82) is 0 Å². The van der Waals surface area contributed by atoms with Crippen molar-refractivity contribution in [3.05, 3.63) is 35.9 Å². The lowest BCUT2D eigenvalue weighted by Crippen LogP contribution is -2.68. The summed E-state index contributed by atoms with van der Waals surface area (Å²) in [5.41, 5.74) is 1.03. The summed E-state index contributed by atoms with van der Waals surface area (Å²) in [4.78, 5) is 2.78. The van der Waals surface area contributed by atoms with Gasteiger partial charge in [0.1, 0.15) is 0 Å². The zero-order valence-corrected chi connectivity index (χ0v) is 12.9. The second kappa shape index (κ2) is 5.91. The Bertz CT molecular complexity index is 557. The summed E-state index contributed by atoms with van der Waals surface area (Å²) in [6.45, 7) is -1.22. The molecule has 0 aromatic heterocycles. The van der Waals surface area contributed by atoms with Gasteiger partial charge in [-0.15, -0.1) is 0 Å². The molecule has 0 N–H and O–H groups in total. The van der Waals surface area contributed by atoms with Crippen LogP contribution in [0.4, 0.5) is 26.3 Å². The zero-order chi connectivity index (χ0) is 17.6. The van der Waals surface area contributed by atoms with Crippen molar-refractivity contribution < 1.29 is 26.3 Å². The minimum atomic E-state index is -5.31. The molecular formula is C16H18F6N2. The van der Waals surface area contributed by atoms with Crippen molar-refractivity contribution in [2.75, 3.05) is 26.2 Å². The van der Waals surface area contributed by atoms with Crippen molar-refractivity contribution in [2.24, 2.45) is 0 Å². The maximum Gasteiger partial charge on any atom is 0.374 e. The SMILES string of the molecule is FC1(F)CN([C@@H]2CCN(Cc3ccccc3)C2)CC(F)(F)C1(F)F. The van der Waals surface area contributed by atoms with Crippen LogP contribution in [0, 0.1) is 0 Å². The average Bonchev–Trinajstić information content (AvgIpc) is 2.94. The maximum absolute atomic E-state index is 13.5. The largest absolute Gasteiger partial charge is 0.374 e. The molecule has 3 rings (SSSR count).